The van der Waals surface area contributed by atoms with Crippen LogP contribution in [0.3, 0.4) is 0 Å². The second kappa shape index (κ2) is 9.24. The van der Waals surface area contributed by atoms with E-state index in [0.29, 0.717) is 16.5 Å². The van der Waals surface area contributed by atoms with Gasteiger partial charge in [0.25, 0.3) is 17.5 Å². The lowest BCUT2D eigenvalue weighted by atomic mass is 9.89. The van der Waals surface area contributed by atoms with Gasteiger partial charge in [0, 0.05) is 34.2 Å². The van der Waals surface area contributed by atoms with E-state index in [1.54, 1.807) is 12.1 Å². The van der Waals surface area contributed by atoms with Crippen LogP contribution in [0.15, 0.2) is 48.5 Å². The minimum Gasteiger partial charge on any atom is -0.456 e. The molecule has 0 spiro atoms. The molecule has 0 saturated carbocycles. The van der Waals surface area contributed by atoms with Gasteiger partial charge in [-0.25, -0.2) is 4.79 Å². The molecular weight excluding hydrogens is 476 g/mol. The Kier molecular flexibility index (Phi) is 6.07. The first-order valence-corrected chi connectivity index (χ1v) is 12.1. The summed E-state index contributed by atoms with van der Waals surface area (Å²) in [6.45, 7) is 3.09. The predicted molar refractivity (Wildman–Crippen MR) is 133 cm³/mol. The molecule has 3 aromatic carbocycles. The second-order valence-corrected chi connectivity index (χ2v) is 9.76. The molecule has 9 nitrogen and oxygen atoms in total. The third kappa shape index (κ3) is 4.16. The highest BCUT2D eigenvalue weighted by Gasteiger charge is 2.42. The highest BCUT2D eigenvalue weighted by molar-refractivity contribution is 6.27. The van der Waals surface area contributed by atoms with E-state index < -0.39 is 41.1 Å². The Morgan fingerprint density at radius 3 is 2.00 bits per heavy atom. The quantitative estimate of drug-likeness (QED) is 0.149. The van der Waals surface area contributed by atoms with Crippen molar-refractivity contribution in [2.24, 2.45) is 5.92 Å². The Balaban J connectivity index is 1.41. The van der Waals surface area contributed by atoms with Crippen LogP contribution in [-0.2, 0) is 22.4 Å². The lowest BCUT2D eigenvalue weighted by Crippen LogP contribution is -2.51. The topological polar surface area (TPSA) is 124 Å². The van der Waals surface area contributed by atoms with Crippen LogP contribution < -0.4 is 0 Å². The molecule has 188 valence electrons. The molecule has 1 aliphatic carbocycles. The van der Waals surface area contributed by atoms with Crippen LogP contribution in [0, 0.1) is 16.0 Å². The zero-order chi connectivity index (χ0) is 26.4. The Morgan fingerprint density at radius 2 is 1.49 bits per heavy atom. The van der Waals surface area contributed by atoms with E-state index in [1.807, 2.05) is 26.0 Å². The van der Waals surface area contributed by atoms with Gasteiger partial charge in [-0.05, 0) is 66.0 Å². The number of nitro benzene ring substituents is 1. The molecular formula is C28H24N2O7. The van der Waals surface area contributed by atoms with E-state index in [1.165, 1.54) is 24.3 Å². The van der Waals surface area contributed by atoms with Crippen LogP contribution in [0.2, 0.25) is 0 Å². The van der Waals surface area contributed by atoms with E-state index >= 15 is 0 Å². The van der Waals surface area contributed by atoms with Gasteiger partial charge in [-0.15, -0.1) is 0 Å². The van der Waals surface area contributed by atoms with E-state index in [2.05, 4.69) is 0 Å². The third-order valence-electron chi connectivity index (χ3n) is 6.92. The van der Waals surface area contributed by atoms with Gasteiger partial charge < -0.3 is 4.74 Å². The largest absolute Gasteiger partial charge is 0.456 e. The number of benzene rings is 3. The molecule has 0 N–H and O–H groups in total. The molecule has 0 aromatic heterocycles. The van der Waals surface area contributed by atoms with E-state index in [-0.39, 0.29) is 23.6 Å². The van der Waals surface area contributed by atoms with Crippen molar-refractivity contribution in [2.75, 3.05) is 6.61 Å². The number of imide groups is 1. The summed E-state index contributed by atoms with van der Waals surface area (Å²) in [6.07, 6.45) is 1.87. The van der Waals surface area contributed by atoms with E-state index in [0.717, 1.165) is 34.3 Å². The summed E-state index contributed by atoms with van der Waals surface area (Å²) in [4.78, 5) is 64.2. The molecule has 1 heterocycles. The number of ether oxygens (including phenoxy) is 1. The first-order valence-electron chi connectivity index (χ1n) is 12.1. The minimum absolute atomic E-state index is 0.0585. The summed E-state index contributed by atoms with van der Waals surface area (Å²) in [7, 11) is 0. The summed E-state index contributed by atoms with van der Waals surface area (Å²) in [5.74, 6) is -2.59. The third-order valence-corrected chi connectivity index (χ3v) is 6.92. The fraction of sp³-hybridized carbons (Fsp3) is 0.286. The molecule has 5 rings (SSSR count). The van der Waals surface area contributed by atoms with Gasteiger partial charge in [0.2, 0.25) is 0 Å². The predicted octanol–water partition coefficient (Wildman–Crippen LogP) is 4.28. The zero-order valence-electron chi connectivity index (χ0n) is 20.4. The average molecular weight is 501 g/mol. The van der Waals surface area contributed by atoms with Gasteiger partial charge >= 0.3 is 5.97 Å². The smallest absolute Gasteiger partial charge is 0.329 e. The summed E-state index contributed by atoms with van der Waals surface area (Å²) >= 11 is 0. The number of ketones is 1. The number of non-ortho nitro benzene ring substituents is 1. The number of rotatable bonds is 8. The molecule has 2 aliphatic rings. The van der Waals surface area contributed by atoms with Gasteiger partial charge in [0.1, 0.15) is 6.04 Å². The number of Topliss-reactive ketones (excluding diaryl/α,β-unsaturated/α-hetero) is 1. The molecule has 3 aromatic rings. The number of nitro groups is 1. The van der Waals surface area contributed by atoms with Gasteiger partial charge in [0.05, 0.1) is 4.92 Å². The molecule has 0 fully saturated rings. The van der Waals surface area contributed by atoms with Gasteiger partial charge in [-0.1, -0.05) is 26.0 Å². The minimum atomic E-state index is -1.21. The summed E-state index contributed by atoms with van der Waals surface area (Å²) in [5, 5.41) is 12.4. The molecule has 0 saturated heterocycles. The SMILES string of the molecule is CC(C)C[C@H](C(=O)OCC(=O)c1ccc([N+](=O)[O-])cc1)N1C(=O)c2ccc3c4c(ccc(c24)C1=O)CC3. The molecule has 9 heteroatoms. The van der Waals surface area contributed by atoms with Crippen LogP contribution in [0.1, 0.15) is 62.5 Å². The van der Waals surface area contributed by atoms with Crippen molar-refractivity contribution in [1.82, 2.24) is 4.90 Å². The maximum atomic E-state index is 13.6. The van der Waals surface area contributed by atoms with Crippen LogP contribution in [0.5, 0.6) is 0 Å². The molecule has 2 amide bonds. The summed E-state index contributed by atoms with van der Waals surface area (Å²) in [6, 6.07) is 11.0. The summed E-state index contributed by atoms with van der Waals surface area (Å²) < 4.78 is 5.29. The maximum Gasteiger partial charge on any atom is 0.329 e. The molecule has 1 atom stereocenters. The van der Waals surface area contributed by atoms with Crippen LogP contribution in [0.4, 0.5) is 5.69 Å². The first-order chi connectivity index (χ1) is 17.7. The fourth-order valence-electron chi connectivity index (χ4n) is 5.16. The van der Waals surface area contributed by atoms with Crippen molar-refractivity contribution in [3.63, 3.8) is 0 Å². The normalized spacial score (nSPS) is 14.8. The first kappa shape index (κ1) is 24.3. The van der Waals surface area contributed by atoms with Gasteiger partial charge in [-0.2, -0.15) is 0 Å². The molecule has 0 bridgehead atoms. The number of nitrogens with zero attached hydrogens (tertiary/aromatic N) is 2. The monoisotopic (exact) mass is 500 g/mol. The Morgan fingerprint density at radius 1 is 0.919 bits per heavy atom. The van der Waals surface area contributed by atoms with Crippen LogP contribution in [-0.4, -0.2) is 46.0 Å². The molecule has 1 aliphatic heterocycles. The van der Waals surface area contributed by atoms with E-state index in [4.69, 9.17) is 4.74 Å². The lowest BCUT2D eigenvalue weighted by molar-refractivity contribution is -0.384. The van der Waals surface area contributed by atoms with Crippen molar-refractivity contribution < 1.29 is 28.8 Å². The average Bonchev–Trinajstić information content (AvgIpc) is 3.31. The number of aryl methyl sites for hydroxylation is 2. The maximum absolute atomic E-state index is 13.6. The number of carbonyl (C=O) groups excluding carboxylic acids is 4. The highest BCUT2D eigenvalue weighted by Crippen LogP contribution is 2.39. The Labute approximate surface area is 212 Å². The van der Waals surface area contributed by atoms with Crippen molar-refractivity contribution in [3.05, 3.63) is 86.5 Å². The van der Waals surface area contributed by atoms with Crippen molar-refractivity contribution >= 4 is 40.0 Å². The Hall–Kier alpha value is -4.40. The summed E-state index contributed by atoms with van der Waals surface area (Å²) in [5.41, 5.74) is 2.93. The van der Waals surface area contributed by atoms with Gasteiger partial charge in [-0.3, -0.25) is 29.4 Å². The Bertz CT molecular complexity index is 1430. The van der Waals surface area contributed by atoms with Crippen molar-refractivity contribution in [2.45, 2.75) is 39.2 Å². The van der Waals surface area contributed by atoms with Crippen LogP contribution >= 0.6 is 0 Å². The number of esters is 1. The van der Waals surface area contributed by atoms with E-state index in [9.17, 15) is 29.3 Å². The highest BCUT2D eigenvalue weighted by atomic mass is 16.6. The fourth-order valence-corrected chi connectivity index (χ4v) is 5.16. The lowest BCUT2D eigenvalue weighted by Gasteiger charge is -2.33. The van der Waals surface area contributed by atoms with Crippen molar-refractivity contribution in [1.29, 1.82) is 0 Å². The van der Waals surface area contributed by atoms with Crippen molar-refractivity contribution in [3.8, 4) is 0 Å². The molecule has 0 radical (unpaired) electrons. The number of hydrogen-bond donors (Lipinski definition) is 0. The van der Waals surface area contributed by atoms with Gasteiger partial charge in [0.15, 0.2) is 12.4 Å². The standard InChI is InChI=1S/C28H24N2O7/c1-15(2)13-22(28(34)37-14-23(31)16-5-9-19(10-6-16)30(35)36)29-26(32)20-11-7-17-3-4-18-8-12-21(27(29)33)25(20)24(17)18/h5-12,15,22H,3-4,13-14H2,1-2H3/t22-/m1/s1. The number of carbonyl (C=O) groups is 4. The van der Waals surface area contributed by atoms with Crippen LogP contribution in [0.25, 0.3) is 10.8 Å². The molecule has 37 heavy (non-hydrogen) atoms. The molecule has 0 unspecified atom stereocenters. The zero-order valence-corrected chi connectivity index (χ0v) is 20.4. The second-order valence-electron chi connectivity index (χ2n) is 9.76. The number of amides is 2. The number of hydrogen-bond acceptors (Lipinski definition) is 7.